The number of hydrogen-bond donors (Lipinski definition) is 1. The fourth-order valence-electron chi connectivity index (χ4n) is 3.24. The predicted octanol–water partition coefficient (Wildman–Crippen LogP) is 3.82. The molecule has 1 unspecified atom stereocenters. The second-order valence-corrected chi connectivity index (χ2v) is 6.65. The molecule has 1 rings (SSSR count). The first-order chi connectivity index (χ1) is 11.3. The SMILES string of the molecule is CCC(CC)CNC(=NC)N1CCC(CN(CC)CC(F)(F)F)C1.I. The van der Waals surface area contributed by atoms with Crippen LogP contribution in [0.1, 0.15) is 40.0 Å². The highest BCUT2D eigenvalue weighted by molar-refractivity contribution is 14.0. The van der Waals surface area contributed by atoms with Crippen molar-refractivity contribution in [2.45, 2.75) is 46.2 Å². The van der Waals surface area contributed by atoms with E-state index in [0.29, 0.717) is 19.0 Å². The van der Waals surface area contributed by atoms with Crippen LogP contribution in [0.4, 0.5) is 13.2 Å². The van der Waals surface area contributed by atoms with Crippen molar-refractivity contribution < 1.29 is 13.2 Å². The maximum atomic E-state index is 12.6. The van der Waals surface area contributed by atoms with Crippen LogP contribution >= 0.6 is 24.0 Å². The summed E-state index contributed by atoms with van der Waals surface area (Å²) in [7, 11) is 1.77. The van der Waals surface area contributed by atoms with E-state index in [1.165, 1.54) is 4.90 Å². The van der Waals surface area contributed by atoms with Crippen molar-refractivity contribution >= 4 is 29.9 Å². The third kappa shape index (κ3) is 9.30. The van der Waals surface area contributed by atoms with Crippen LogP contribution < -0.4 is 5.32 Å². The number of guanidine groups is 1. The van der Waals surface area contributed by atoms with Crippen molar-refractivity contribution in [2.24, 2.45) is 16.8 Å². The summed E-state index contributed by atoms with van der Waals surface area (Å²) >= 11 is 0. The molecule has 0 spiro atoms. The van der Waals surface area contributed by atoms with Crippen LogP contribution in [-0.4, -0.2) is 68.3 Å². The van der Waals surface area contributed by atoms with E-state index in [4.69, 9.17) is 0 Å². The Bertz CT molecular complexity index is 387. The zero-order valence-corrected chi connectivity index (χ0v) is 18.2. The molecule has 8 heteroatoms. The van der Waals surface area contributed by atoms with Crippen LogP contribution in [0, 0.1) is 11.8 Å². The average molecular weight is 478 g/mol. The number of likely N-dealkylation sites (tertiary alicyclic amines) is 1. The third-order valence-electron chi connectivity index (χ3n) is 4.87. The molecular formula is C17H34F3IN4. The molecule has 0 saturated carbocycles. The molecule has 0 aromatic carbocycles. The van der Waals surface area contributed by atoms with Gasteiger partial charge in [0.2, 0.25) is 0 Å². The second kappa shape index (κ2) is 12.2. The molecule has 1 fully saturated rings. The summed E-state index contributed by atoms with van der Waals surface area (Å²) in [5.74, 6) is 1.77. The zero-order valence-electron chi connectivity index (χ0n) is 15.9. The summed E-state index contributed by atoms with van der Waals surface area (Å²) in [5, 5.41) is 3.42. The minimum Gasteiger partial charge on any atom is -0.356 e. The highest BCUT2D eigenvalue weighted by atomic mass is 127. The van der Waals surface area contributed by atoms with Gasteiger partial charge in [-0.2, -0.15) is 13.2 Å². The number of alkyl halides is 3. The zero-order chi connectivity index (χ0) is 18.2. The maximum absolute atomic E-state index is 12.6. The minimum atomic E-state index is -4.12. The van der Waals surface area contributed by atoms with Gasteiger partial charge in [-0.3, -0.25) is 9.89 Å². The Hall–Kier alpha value is -0.250. The standard InChI is InChI=1S/C17H33F3N4.HI/c1-5-14(6-2)10-22-16(21-4)24-9-8-15(12-24)11-23(7-3)13-17(18,19)20;/h14-15H,5-13H2,1-4H3,(H,21,22);1H. The first-order valence-corrected chi connectivity index (χ1v) is 9.07. The van der Waals surface area contributed by atoms with Crippen LogP contribution in [0.15, 0.2) is 4.99 Å². The molecule has 150 valence electrons. The fourth-order valence-corrected chi connectivity index (χ4v) is 3.24. The molecule has 1 atom stereocenters. The number of nitrogens with zero attached hydrogens (tertiary/aromatic N) is 3. The Labute approximate surface area is 167 Å². The van der Waals surface area contributed by atoms with Gasteiger partial charge in [-0.1, -0.05) is 33.6 Å². The molecule has 1 saturated heterocycles. The lowest BCUT2D eigenvalue weighted by Crippen LogP contribution is -2.43. The first-order valence-electron chi connectivity index (χ1n) is 9.07. The highest BCUT2D eigenvalue weighted by Gasteiger charge is 2.33. The fraction of sp³-hybridized carbons (Fsp3) is 0.941. The molecule has 4 nitrogen and oxygen atoms in total. The summed E-state index contributed by atoms with van der Waals surface area (Å²) < 4.78 is 37.8. The molecule has 0 aliphatic carbocycles. The molecule has 0 aromatic rings. The lowest BCUT2D eigenvalue weighted by atomic mass is 10.0. The summed E-state index contributed by atoms with van der Waals surface area (Å²) in [6, 6.07) is 0. The summed E-state index contributed by atoms with van der Waals surface area (Å²) in [6.45, 7) is 8.79. The van der Waals surface area contributed by atoms with Crippen molar-refractivity contribution in [2.75, 3.05) is 46.3 Å². The van der Waals surface area contributed by atoms with Crippen molar-refractivity contribution in [1.29, 1.82) is 0 Å². The number of halogens is 4. The van der Waals surface area contributed by atoms with Gasteiger partial charge >= 0.3 is 6.18 Å². The van der Waals surface area contributed by atoms with Gasteiger partial charge in [0, 0.05) is 33.2 Å². The van der Waals surface area contributed by atoms with Gasteiger partial charge < -0.3 is 10.2 Å². The van der Waals surface area contributed by atoms with Crippen LogP contribution in [-0.2, 0) is 0 Å². The van der Waals surface area contributed by atoms with Crippen molar-refractivity contribution in [3.8, 4) is 0 Å². The minimum absolute atomic E-state index is 0. The van der Waals surface area contributed by atoms with Gasteiger partial charge in [0.15, 0.2) is 5.96 Å². The molecule has 1 aliphatic rings. The van der Waals surface area contributed by atoms with Crippen LogP contribution in [0.5, 0.6) is 0 Å². The average Bonchev–Trinajstić information content (AvgIpc) is 2.98. The lowest BCUT2D eigenvalue weighted by Gasteiger charge is -2.26. The van der Waals surface area contributed by atoms with Gasteiger partial charge in [0.1, 0.15) is 0 Å². The Balaban J connectivity index is 0.00000576. The van der Waals surface area contributed by atoms with E-state index < -0.39 is 12.7 Å². The van der Waals surface area contributed by atoms with Crippen LogP contribution in [0.3, 0.4) is 0 Å². The number of hydrogen-bond acceptors (Lipinski definition) is 2. The molecule has 1 heterocycles. The lowest BCUT2D eigenvalue weighted by molar-refractivity contribution is -0.146. The number of aliphatic imine (C=N–C) groups is 1. The molecule has 0 amide bonds. The Morgan fingerprint density at radius 1 is 1.28 bits per heavy atom. The summed E-state index contributed by atoms with van der Waals surface area (Å²) in [6.07, 6.45) is -0.945. The predicted molar refractivity (Wildman–Crippen MR) is 109 cm³/mol. The van der Waals surface area contributed by atoms with E-state index in [1.807, 2.05) is 0 Å². The second-order valence-electron chi connectivity index (χ2n) is 6.65. The van der Waals surface area contributed by atoms with Gasteiger partial charge in [-0.15, -0.1) is 24.0 Å². The maximum Gasteiger partial charge on any atom is 0.401 e. The van der Waals surface area contributed by atoms with Crippen molar-refractivity contribution in [3.05, 3.63) is 0 Å². The molecule has 1 aliphatic heterocycles. The van der Waals surface area contributed by atoms with Crippen molar-refractivity contribution in [1.82, 2.24) is 15.1 Å². The van der Waals surface area contributed by atoms with Crippen molar-refractivity contribution in [3.63, 3.8) is 0 Å². The quantitative estimate of drug-likeness (QED) is 0.327. The Morgan fingerprint density at radius 3 is 2.40 bits per heavy atom. The van der Waals surface area contributed by atoms with Crippen LogP contribution in [0.2, 0.25) is 0 Å². The van der Waals surface area contributed by atoms with Gasteiger partial charge in [-0.05, 0) is 24.8 Å². The Morgan fingerprint density at radius 2 is 1.92 bits per heavy atom. The smallest absolute Gasteiger partial charge is 0.356 e. The van der Waals surface area contributed by atoms with Gasteiger partial charge in [0.05, 0.1) is 6.54 Å². The first kappa shape index (κ1) is 24.8. The number of rotatable bonds is 8. The van der Waals surface area contributed by atoms with Gasteiger partial charge in [0.25, 0.3) is 0 Å². The Kier molecular flexibility index (Phi) is 12.1. The third-order valence-corrected chi connectivity index (χ3v) is 4.87. The van der Waals surface area contributed by atoms with E-state index in [1.54, 1.807) is 14.0 Å². The van der Waals surface area contributed by atoms with E-state index in [-0.39, 0.29) is 29.9 Å². The topological polar surface area (TPSA) is 30.9 Å². The van der Waals surface area contributed by atoms with E-state index >= 15 is 0 Å². The summed E-state index contributed by atoms with van der Waals surface area (Å²) in [5.41, 5.74) is 0. The van der Waals surface area contributed by atoms with E-state index in [0.717, 1.165) is 44.9 Å². The number of nitrogens with one attached hydrogen (secondary N) is 1. The normalized spacial score (nSPS) is 18.8. The molecule has 0 aromatic heterocycles. The van der Waals surface area contributed by atoms with E-state index in [9.17, 15) is 13.2 Å². The molecular weight excluding hydrogens is 444 g/mol. The molecule has 0 bridgehead atoms. The molecule has 1 N–H and O–H groups in total. The van der Waals surface area contributed by atoms with E-state index in [2.05, 4.69) is 29.1 Å². The monoisotopic (exact) mass is 478 g/mol. The highest BCUT2D eigenvalue weighted by Crippen LogP contribution is 2.21. The van der Waals surface area contributed by atoms with Crippen LogP contribution in [0.25, 0.3) is 0 Å². The molecule has 25 heavy (non-hydrogen) atoms. The molecule has 0 radical (unpaired) electrons. The summed E-state index contributed by atoms with van der Waals surface area (Å²) in [4.78, 5) is 8.01. The van der Waals surface area contributed by atoms with Gasteiger partial charge in [-0.25, -0.2) is 0 Å². The largest absolute Gasteiger partial charge is 0.401 e.